The molecule has 12 nitrogen and oxygen atoms in total. The Labute approximate surface area is 319 Å². The third-order valence-corrected chi connectivity index (χ3v) is 10.4. The number of aryl methyl sites for hydroxylation is 2. The SMILES string of the molecule is CCc1nc2c(cnn2CC)c(NC2CCOCC2)c1CN(Cc1ccc(F)c(-c2cccc(CN3CCNCC3=O)c2)c1)C(=O)c1cccc(C(N)=O)c1. The molecule has 0 aliphatic carbocycles. The van der Waals surface area contributed by atoms with Gasteiger partial charge in [-0.2, -0.15) is 5.10 Å². The summed E-state index contributed by atoms with van der Waals surface area (Å²) in [6.45, 7) is 8.41. The van der Waals surface area contributed by atoms with Crippen LogP contribution in [0.4, 0.5) is 10.1 Å². The Bertz CT molecular complexity index is 2220. The quantitative estimate of drug-likeness (QED) is 0.148. The standard InChI is InChI=1S/C42H47FN8O4/c1-3-37-35(39(47-32-13-17-55-18-14-32)34-22-46-51(4-2)41(34)48-37)26-50(42(54)31-10-6-9-30(21-31)40(44)53)25-28-11-12-36(43)33(20-28)29-8-5-7-27(19-29)24-49-16-15-45-23-38(49)52/h5-12,19-22,32,45H,3-4,13-18,23-26H2,1-2H3,(H2,44,53)(H,47,48). The number of benzene rings is 3. The largest absolute Gasteiger partial charge is 0.381 e. The first kappa shape index (κ1) is 37.6. The highest BCUT2D eigenvalue weighted by molar-refractivity contribution is 5.99. The fourth-order valence-corrected chi connectivity index (χ4v) is 7.44. The number of pyridine rings is 1. The van der Waals surface area contributed by atoms with E-state index < -0.39 is 11.7 Å². The van der Waals surface area contributed by atoms with Crippen LogP contribution in [0.25, 0.3) is 22.2 Å². The van der Waals surface area contributed by atoms with Crippen molar-refractivity contribution in [2.45, 2.75) is 65.3 Å². The van der Waals surface area contributed by atoms with Gasteiger partial charge in [0.15, 0.2) is 5.65 Å². The highest BCUT2D eigenvalue weighted by Gasteiger charge is 2.26. The lowest BCUT2D eigenvalue weighted by atomic mass is 9.99. The van der Waals surface area contributed by atoms with Crippen molar-refractivity contribution in [3.8, 4) is 11.1 Å². The Balaban J connectivity index is 1.28. The minimum absolute atomic E-state index is 0.0295. The highest BCUT2D eigenvalue weighted by Crippen LogP contribution is 2.34. The second kappa shape index (κ2) is 16.8. The van der Waals surface area contributed by atoms with Crippen LogP contribution in [-0.4, -0.2) is 81.2 Å². The van der Waals surface area contributed by atoms with Gasteiger partial charge < -0.3 is 30.9 Å². The van der Waals surface area contributed by atoms with E-state index in [-0.39, 0.29) is 36.5 Å². The number of primary amides is 1. The normalized spacial score (nSPS) is 15.0. The summed E-state index contributed by atoms with van der Waals surface area (Å²) in [5.41, 5.74) is 12.2. The summed E-state index contributed by atoms with van der Waals surface area (Å²) >= 11 is 0. The van der Waals surface area contributed by atoms with Gasteiger partial charge >= 0.3 is 0 Å². The molecule has 0 spiro atoms. The number of piperazine rings is 1. The molecule has 2 fully saturated rings. The molecular formula is C42H47FN8O4. The first-order valence-electron chi connectivity index (χ1n) is 19.0. The fraction of sp³-hybridized carbons (Fsp3) is 0.357. The van der Waals surface area contributed by atoms with Crippen LogP contribution in [0.1, 0.15) is 69.8 Å². The third-order valence-electron chi connectivity index (χ3n) is 10.4. The molecule has 0 radical (unpaired) electrons. The molecule has 0 bridgehead atoms. The molecule has 2 aliphatic rings. The molecule has 5 aromatic rings. The molecule has 0 saturated carbocycles. The number of hydrogen-bond donors (Lipinski definition) is 3. The number of anilines is 1. The second-order valence-electron chi connectivity index (χ2n) is 14.1. The summed E-state index contributed by atoms with van der Waals surface area (Å²) in [5.74, 6) is -1.32. The summed E-state index contributed by atoms with van der Waals surface area (Å²) < 4.78 is 23.2. The number of fused-ring (bicyclic) bond motifs is 1. The van der Waals surface area contributed by atoms with Gasteiger partial charge in [-0.15, -0.1) is 0 Å². The average Bonchev–Trinajstić information content (AvgIpc) is 3.63. The number of rotatable bonds is 13. The van der Waals surface area contributed by atoms with Crippen molar-refractivity contribution in [3.63, 3.8) is 0 Å². The van der Waals surface area contributed by atoms with E-state index in [1.807, 2.05) is 49.0 Å². The van der Waals surface area contributed by atoms with E-state index in [4.69, 9.17) is 15.5 Å². The minimum Gasteiger partial charge on any atom is -0.381 e. The first-order chi connectivity index (χ1) is 26.7. The monoisotopic (exact) mass is 746 g/mol. The van der Waals surface area contributed by atoms with Gasteiger partial charge in [-0.25, -0.2) is 14.1 Å². The molecule has 0 unspecified atom stereocenters. The van der Waals surface area contributed by atoms with Crippen LogP contribution in [0.3, 0.4) is 0 Å². The van der Waals surface area contributed by atoms with Gasteiger partial charge in [0, 0.05) is 79.9 Å². The number of nitrogens with zero attached hydrogens (tertiary/aromatic N) is 5. The number of hydrogen-bond acceptors (Lipinski definition) is 8. The van der Waals surface area contributed by atoms with Crippen molar-refractivity contribution < 1.29 is 23.5 Å². The van der Waals surface area contributed by atoms with Gasteiger partial charge in [-0.1, -0.05) is 37.3 Å². The number of nitrogens with two attached hydrogens (primary N) is 1. The van der Waals surface area contributed by atoms with E-state index in [2.05, 4.69) is 15.7 Å². The molecule has 2 aromatic heterocycles. The number of aromatic nitrogens is 3. The zero-order valence-electron chi connectivity index (χ0n) is 31.3. The first-order valence-corrected chi connectivity index (χ1v) is 19.0. The van der Waals surface area contributed by atoms with Gasteiger partial charge in [-0.05, 0) is 79.3 Å². The van der Waals surface area contributed by atoms with Crippen LogP contribution in [0.15, 0.2) is 72.9 Å². The highest BCUT2D eigenvalue weighted by atomic mass is 19.1. The summed E-state index contributed by atoms with van der Waals surface area (Å²) in [6.07, 6.45) is 4.11. The van der Waals surface area contributed by atoms with Crippen LogP contribution < -0.4 is 16.4 Å². The lowest BCUT2D eigenvalue weighted by Gasteiger charge is -2.29. The van der Waals surface area contributed by atoms with Crippen LogP contribution in [-0.2, 0) is 42.1 Å². The predicted molar refractivity (Wildman–Crippen MR) is 209 cm³/mol. The van der Waals surface area contributed by atoms with E-state index in [0.29, 0.717) is 68.1 Å². The number of nitrogens with one attached hydrogen (secondary N) is 2. The molecular weight excluding hydrogens is 700 g/mol. The molecule has 13 heteroatoms. The molecule has 3 amide bonds. The van der Waals surface area contributed by atoms with Gasteiger partial charge in [-0.3, -0.25) is 14.4 Å². The smallest absolute Gasteiger partial charge is 0.254 e. The molecule has 0 atom stereocenters. The Morgan fingerprint density at radius 1 is 1.02 bits per heavy atom. The molecule has 7 rings (SSSR count). The molecule has 3 aromatic carbocycles. The minimum atomic E-state index is -0.633. The van der Waals surface area contributed by atoms with Crippen LogP contribution in [0, 0.1) is 5.82 Å². The maximum Gasteiger partial charge on any atom is 0.254 e. The average molecular weight is 747 g/mol. The maximum absolute atomic E-state index is 15.7. The van der Waals surface area contributed by atoms with Gasteiger partial charge in [0.1, 0.15) is 5.82 Å². The van der Waals surface area contributed by atoms with Crippen LogP contribution in [0.2, 0.25) is 0 Å². The lowest BCUT2D eigenvalue weighted by molar-refractivity contribution is -0.132. The summed E-state index contributed by atoms with van der Waals surface area (Å²) in [4.78, 5) is 47.8. The van der Waals surface area contributed by atoms with E-state index in [1.54, 1.807) is 40.1 Å². The van der Waals surface area contributed by atoms with E-state index in [9.17, 15) is 14.4 Å². The number of carbonyl (C=O) groups is 3. The zero-order valence-corrected chi connectivity index (χ0v) is 31.3. The Morgan fingerprint density at radius 3 is 2.58 bits per heavy atom. The Hall–Kier alpha value is -5.66. The van der Waals surface area contributed by atoms with Crippen molar-refractivity contribution in [2.75, 3.05) is 38.2 Å². The van der Waals surface area contributed by atoms with Crippen molar-refractivity contribution >= 4 is 34.4 Å². The topological polar surface area (TPSA) is 148 Å². The van der Waals surface area contributed by atoms with Crippen LogP contribution >= 0.6 is 0 Å². The lowest BCUT2D eigenvalue weighted by Crippen LogP contribution is -2.47. The molecule has 4 heterocycles. The maximum atomic E-state index is 15.7. The number of ether oxygens (including phenoxy) is 1. The van der Waals surface area contributed by atoms with Gasteiger partial charge in [0.05, 0.1) is 30.4 Å². The van der Waals surface area contributed by atoms with Gasteiger partial charge in [0.25, 0.3) is 5.91 Å². The summed E-state index contributed by atoms with van der Waals surface area (Å²) in [7, 11) is 0. The van der Waals surface area contributed by atoms with Crippen molar-refractivity contribution in [1.82, 2.24) is 29.9 Å². The number of amides is 3. The Kier molecular flexibility index (Phi) is 11.5. The molecule has 2 aliphatic heterocycles. The number of halogens is 1. The van der Waals surface area contributed by atoms with Crippen LogP contribution in [0.5, 0.6) is 0 Å². The van der Waals surface area contributed by atoms with E-state index in [1.165, 1.54) is 12.1 Å². The number of carbonyl (C=O) groups excluding carboxylic acids is 3. The zero-order chi connectivity index (χ0) is 38.5. The second-order valence-corrected chi connectivity index (χ2v) is 14.1. The third kappa shape index (κ3) is 8.37. The molecule has 4 N–H and O–H groups in total. The summed E-state index contributed by atoms with van der Waals surface area (Å²) in [5, 5.41) is 12.4. The van der Waals surface area contributed by atoms with Crippen molar-refractivity contribution in [3.05, 3.63) is 112 Å². The van der Waals surface area contributed by atoms with E-state index >= 15 is 4.39 Å². The molecule has 55 heavy (non-hydrogen) atoms. The molecule has 286 valence electrons. The van der Waals surface area contributed by atoms with Gasteiger partial charge in [0.2, 0.25) is 11.8 Å². The van der Waals surface area contributed by atoms with Crippen molar-refractivity contribution in [2.24, 2.45) is 5.73 Å². The summed E-state index contributed by atoms with van der Waals surface area (Å²) in [6, 6.07) is 19.0. The van der Waals surface area contributed by atoms with E-state index in [0.717, 1.165) is 52.9 Å². The molecule has 2 saturated heterocycles. The Morgan fingerprint density at radius 2 is 1.82 bits per heavy atom. The van der Waals surface area contributed by atoms with Crippen molar-refractivity contribution in [1.29, 1.82) is 0 Å². The fourth-order valence-electron chi connectivity index (χ4n) is 7.44. The predicted octanol–water partition coefficient (Wildman–Crippen LogP) is 5.28.